The molecule has 0 saturated heterocycles. The van der Waals surface area contributed by atoms with Crippen molar-refractivity contribution in [1.82, 2.24) is 0 Å². The van der Waals surface area contributed by atoms with E-state index in [1.807, 2.05) is 38.1 Å². The Bertz CT molecular complexity index is 782. The molecule has 0 aliphatic rings. The van der Waals surface area contributed by atoms with Crippen LogP contribution in [-0.2, 0) is 0 Å². The number of carbonyl (C=O) groups excluding carboxylic acids is 1. The second-order valence-electron chi connectivity index (χ2n) is 5.75. The molecule has 0 spiro atoms. The number of hydrogen-bond acceptors (Lipinski definition) is 4. The second-order valence-corrected chi connectivity index (χ2v) is 5.75. The predicted octanol–water partition coefficient (Wildman–Crippen LogP) is 4.64. The van der Waals surface area contributed by atoms with Crippen LogP contribution in [0.3, 0.4) is 0 Å². The highest BCUT2D eigenvalue weighted by atomic mass is 16.5. The fourth-order valence-corrected chi connectivity index (χ4v) is 2.10. The van der Waals surface area contributed by atoms with Gasteiger partial charge in [-0.1, -0.05) is 17.7 Å². The Labute approximate surface area is 148 Å². The standard InChI is InChI=1S/C21H22O4/c1-15(2)12-13-25-20-11-5-16(14-21(20)24-3)4-10-19(23)17-6-8-18(22)9-7-17/h4-12,14,22H,13H2,1-3H3/b10-4+. The number of hydrogen-bond donors (Lipinski definition) is 1. The van der Waals surface area contributed by atoms with Gasteiger partial charge in [0.2, 0.25) is 0 Å². The summed E-state index contributed by atoms with van der Waals surface area (Å²) in [6.07, 6.45) is 5.20. The van der Waals surface area contributed by atoms with Gasteiger partial charge in [0.25, 0.3) is 0 Å². The summed E-state index contributed by atoms with van der Waals surface area (Å²) in [6, 6.07) is 11.7. The molecule has 0 atom stereocenters. The van der Waals surface area contributed by atoms with Gasteiger partial charge in [-0.2, -0.15) is 0 Å². The molecule has 25 heavy (non-hydrogen) atoms. The number of aromatic hydroxyl groups is 1. The van der Waals surface area contributed by atoms with Crippen molar-refractivity contribution in [2.45, 2.75) is 13.8 Å². The Kier molecular flexibility index (Phi) is 6.40. The van der Waals surface area contributed by atoms with E-state index < -0.39 is 0 Å². The summed E-state index contributed by atoms with van der Waals surface area (Å²) in [5.41, 5.74) is 2.53. The number of carbonyl (C=O) groups is 1. The third kappa shape index (κ3) is 5.53. The highest BCUT2D eigenvalue weighted by Crippen LogP contribution is 2.28. The maximum atomic E-state index is 12.1. The number of ether oxygens (including phenoxy) is 2. The quantitative estimate of drug-likeness (QED) is 0.454. The molecule has 0 saturated carbocycles. The van der Waals surface area contributed by atoms with E-state index in [1.165, 1.54) is 23.8 Å². The van der Waals surface area contributed by atoms with E-state index in [1.54, 1.807) is 25.3 Å². The number of phenols is 1. The summed E-state index contributed by atoms with van der Waals surface area (Å²) in [4.78, 5) is 12.1. The molecule has 0 fully saturated rings. The Morgan fingerprint density at radius 2 is 1.80 bits per heavy atom. The molecule has 0 amide bonds. The molecule has 1 N–H and O–H groups in total. The van der Waals surface area contributed by atoms with Crippen LogP contribution in [0.25, 0.3) is 6.08 Å². The number of benzene rings is 2. The molecule has 0 aromatic heterocycles. The van der Waals surface area contributed by atoms with Crippen molar-refractivity contribution in [1.29, 1.82) is 0 Å². The first-order valence-electron chi connectivity index (χ1n) is 7.95. The first kappa shape index (κ1) is 18.3. The van der Waals surface area contributed by atoms with Gasteiger partial charge in [-0.05, 0) is 68.0 Å². The van der Waals surface area contributed by atoms with Crippen LogP contribution in [-0.4, -0.2) is 24.6 Å². The lowest BCUT2D eigenvalue weighted by molar-refractivity contribution is 0.104. The van der Waals surface area contributed by atoms with Crippen molar-refractivity contribution in [3.05, 3.63) is 71.3 Å². The van der Waals surface area contributed by atoms with Crippen LogP contribution in [0.15, 0.2) is 60.2 Å². The molecule has 4 nitrogen and oxygen atoms in total. The smallest absolute Gasteiger partial charge is 0.185 e. The molecule has 0 heterocycles. The molecule has 2 aromatic carbocycles. The normalized spacial score (nSPS) is 10.5. The first-order valence-corrected chi connectivity index (χ1v) is 7.95. The second kappa shape index (κ2) is 8.73. The summed E-state index contributed by atoms with van der Waals surface area (Å²) in [5, 5.41) is 9.26. The maximum absolute atomic E-state index is 12.1. The summed E-state index contributed by atoms with van der Waals surface area (Å²) < 4.78 is 11.0. The molecular weight excluding hydrogens is 316 g/mol. The van der Waals surface area contributed by atoms with Crippen LogP contribution in [0.2, 0.25) is 0 Å². The van der Waals surface area contributed by atoms with Crippen molar-refractivity contribution in [3.8, 4) is 17.2 Å². The maximum Gasteiger partial charge on any atom is 0.185 e. The van der Waals surface area contributed by atoms with Crippen molar-refractivity contribution in [3.63, 3.8) is 0 Å². The van der Waals surface area contributed by atoms with Gasteiger partial charge in [0.05, 0.1) is 7.11 Å². The molecular formula is C21H22O4. The van der Waals surface area contributed by atoms with E-state index in [0.29, 0.717) is 23.7 Å². The number of allylic oxidation sites excluding steroid dienone is 2. The first-order chi connectivity index (χ1) is 12.0. The lowest BCUT2D eigenvalue weighted by atomic mass is 10.1. The van der Waals surface area contributed by atoms with Gasteiger partial charge in [0, 0.05) is 5.56 Å². The minimum atomic E-state index is -0.136. The molecule has 2 rings (SSSR count). The monoisotopic (exact) mass is 338 g/mol. The van der Waals surface area contributed by atoms with Crippen LogP contribution >= 0.6 is 0 Å². The Morgan fingerprint density at radius 1 is 1.08 bits per heavy atom. The van der Waals surface area contributed by atoms with Gasteiger partial charge in [-0.25, -0.2) is 0 Å². The lowest BCUT2D eigenvalue weighted by Crippen LogP contribution is -1.97. The van der Waals surface area contributed by atoms with Gasteiger partial charge in [-0.3, -0.25) is 4.79 Å². The fourth-order valence-electron chi connectivity index (χ4n) is 2.10. The molecule has 0 bridgehead atoms. The Hall–Kier alpha value is -3.01. The van der Waals surface area contributed by atoms with Gasteiger partial charge < -0.3 is 14.6 Å². The summed E-state index contributed by atoms with van der Waals surface area (Å²) in [7, 11) is 1.58. The number of methoxy groups -OCH3 is 1. The SMILES string of the molecule is COc1cc(/C=C/C(=O)c2ccc(O)cc2)ccc1OCC=C(C)C. The highest BCUT2D eigenvalue weighted by Gasteiger charge is 2.05. The third-order valence-corrected chi connectivity index (χ3v) is 3.50. The molecule has 2 aromatic rings. The topological polar surface area (TPSA) is 55.8 Å². The fraction of sp³-hybridized carbons (Fsp3) is 0.190. The van der Waals surface area contributed by atoms with E-state index in [4.69, 9.17) is 9.47 Å². The minimum absolute atomic E-state index is 0.133. The van der Waals surface area contributed by atoms with Crippen LogP contribution in [0, 0.1) is 0 Å². The van der Waals surface area contributed by atoms with Crippen molar-refractivity contribution in [2.24, 2.45) is 0 Å². The van der Waals surface area contributed by atoms with Crippen LogP contribution < -0.4 is 9.47 Å². The molecule has 0 aliphatic carbocycles. The van der Waals surface area contributed by atoms with Crippen LogP contribution in [0.5, 0.6) is 17.2 Å². The predicted molar refractivity (Wildman–Crippen MR) is 99.4 cm³/mol. The Morgan fingerprint density at radius 3 is 2.44 bits per heavy atom. The summed E-state index contributed by atoms with van der Waals surface area (Å²) in [5.74, 6) is 1.26. The van der Waals surface area contributed by atoms with Crippen LogP contribution in [0.4, 0.5) is 0 Å². The number of phenolic OH excluding ortho intramolecular Hbond substituents is 1. The summed E-state index contributed by atoms with van der Waals surface area (Å²) in [6.45, 7) is 4.51. The highest BCUT2D eigenvalue weighted by molar-refractivity contribution is 6.06. The zero-order chi connectivity index (χ0) is 18.2. The lowest BCUT2D eigenvalue weighted by Gasteiger charge is -2.10. The Balaban J connectivity index is 2.10. The number of rotatable bonds is 7. The van der Waals surface area contributed by atoms with E-state index in [9.17, 15) is 9.90 Å². The number of ketones is 1. The molecule has 0 unspecified atom stereocenters. The third-order valence-electron chi connectivity index (χ3n) is 3.50. The van der Waals surface area contributed by atoms with E-state index in [-0.39, 0.29) is 11.5 Å². The molecule has 0 radical (unpaired) electrons. The molecule has 130 valence electrons. The minimum Gasteiger partial charge on any atom is -0.508 e. The van der Waals surface area contributed by atoms with E-state index in [0.717, 1.165) is 5.56 Å². The molecule has 4 heteroatoms. The summed E-state index contributed by atoms with van der Waals surface area (Å²) >= 11 is 0. The average molecular weight is 338 g/mol. The van der Waals surface area contributed by atoms with Gasteiger partial charge in [0.1, 0.15) is 12.4 Å². The van der Waals surface area contributed by atoms with Gasteiger partial charge in [0.15, 0.2) is 17.3 Å². The van der Waals surface area contributed by atoms with Gasteiger partial charge >= 0.3 is 0 Å². The van der Waals surface area contributed by atoms with E-state index in [2.05, 4.69) is 0 Å². The van der Waals surface area contributed by atoms with Crippen molar-refractivity contribution < 1.29 is 19.4 Å². The van der Waals surface area contributed by atoms with Crippen molar-refractivity contribution >= 4 is 11.9 Å². The largest absolute Gasteiger partial charge is 0.508 e. The zero-order valence-corrected chi connectivity index (χ0v) is 14.7. The van der Waals surface area contributed by atoms with Crippen molar-refractivity contribution in [2.75, 3.05) is 13.7 Å². The average Bonchev–Trinajstić information content (AvgIpc) is 2.60. The van der Waals surface area contributed by atoms with E-state index >= 15 is 0 Å². The van der Waals surface area contributed by atoms with Crippen LogP contribution in [0.1, 0.15) is 29.8 Å². The van der Waals surface area contributed by atoms with Gasteiger partial charge in [-0.15, -0.1) is 0 Å². The zero-order valence-electron chi connectivity index (χ0n) is 14.7. The molecule has 0 aliphatic heterocycles.